The molecule has 5 rings (SSSR count). The molecule has 12 heteroatoms. The van der Waals surface area contributed by atoms with Gasteiger partial charge in [-0.05, 0) is 104 Å². The lowest BCUT2D eigenvalue weighted by atomic mass is 9.76. The van der Waals surface area contributed by atoms with Crippen LogP contribution >= 0.6 is 11.9 Å². The number of carbonyl (C=O) groups excluding carboxylic acids is 2. The van der Waals surface area contributed by atoms with Crippen LogP contribution in [0.2, 0.25) is 0 Å². The Morgan fingerprint density at radius 3 is 2.20 bits per heavy atom. The number of amides is 2. The van der Waals surface area contributed by atoms with Crippen LogP contribution < -0.4 is 14.8 Å². The lowest BCUT2D eigenvalue weighted by Gasteiger charge is -2.41. The van der Waals surface area contributed by atoms with Crippen LogP contribution in [-0.2, 0) is 21.5 Å². The fourth-order valence-corrected chi connectivity index (χ4v) is 6.04. The average Bonchev–Trinajstić information content (AvgIpc) is 3.89. The monoisotopic (exact) mass is 640 g/mol. The standard InChI is InChI=1S/C32H34F6N2O3S/c33-31(34,35)16-2-1-3-17-43-24-12-10-23(11-13-24)30(32(36,37)38)19-26(22-8-6-21(7-9-22)18-20-4-5-20)27(28(41)39-30)29(42)40-44-25-14-15-25/h6-13,20,25H,1-5,14-19H2,(H,39,41)(H,40,42)/t30-/m0/s1. The summed E-state index contributed by atoms with van der Waals surface area (Å²) >= 11 is 1.17. The molecule has 0 spiro atoms. The summed E-state index contributed by atoms with van der Waals surface area (Å²) in [5, 5.41) is 2.37. The molecule has 0 radical (unpaired) electrons. The molecule has 2 N–H and O–H groups in total. The predicted octanol–water partition coefficient (Wildman–Crippen LogP) is 7.80. The summed E-state index contributed by atoms with van der Waals surface area (Å²) in [5.74, 6) is -0.978. The zero-order valence-corrected chi connectivity index (χ0v) is 24.8. The molecule has 2 aromatic rings. The molecule has 1 aliphatic heterocycles. The summed E-state index contributed by atoms with van der Waals surface area (Å²) in [7, 11) is 0. The Hall–Kier alpha value is -3.15. The number of rotatable bonds is 13. The Labute approximate surface area is 256 Å². The summed E-state index contributed by atoms with van der Waals surface area (Å²) in [5.41, 5.74) is -1.94. The van der Waals surface area contributed by atoms with Crippen molar-refractivity contribution >= 4 is 29.3 Å². The second kappa shape index (κ2) is 13.1. The number of unbranched alkanes of at least 4 members (excludes halogenated alkanes) is 2. The third-order valence-corrected chi connectivity index (χ3v) is 9.20. The molecule has 2 amide bonds. The lowest BCUT2D eigenvalue weighted by Crippen LogP contribution is -2.59. The molecule has 1 heterocycles. The topological polar surface area (TPSA) is 67.4 Å². The highest BCUT2D eigenvalue weighted by Crippen LogP contribution is 2.49. The van der Waals surface area contributed by atoms with Crippen molar-refractivity contribution in [2.24, 2.45) is 5.92 Å². The van der Waals surface area contributed by atoms with Crippen LogP contribution in [0.5, 0.6) is 5.75 Å². The van der Waals surface area contributed by atoms with E-state index in [1.165, 1.54) is 36.2 Å². The molecule has 44 heavy (non-hydrogen) atoms. The van der Waals surface area contributed by atoms with E-state index in [-0.39, 0.29) is 40.7 Å². The maximum Gasteiger partial charge on any atom is 0.416 e. The molecule has 0 aromatic heterocycles. The van der Waals surface area contributed by atoms with Crippen molar-refractivity contribution in [3.8, 4) is 5.75 Å². The van der Waals surface area contributed by atoms with Crippen molar-refractivity contribution in [1.82, 2.24) is 10.0 Å². The Kier molecular flexibility index (Phi) is 9.58. The summed E-state index contributed by atoms with van der Waals surface area (Å²) in [4.78, 5) is 26.7. The Morgan fingerprint density at radius 2 is 1.61 bits per heavy atom. The minimum atomic E-state index is -4.93. The van der Waals surface area contributed by atoms with E-state index in [9.17, 15) is 22.8 Å². The first-order valence-corrected chi connectivity index (χ1v) is 15.7. The molecule has 2 saturated carbocycles. The van der Waals surface area contributed by atoms with Crippen LogP contribution in [0.25, 0.3) is 5.57 Å². The highest BCUT2D eigenvalue weighted by atomic mass is 32.2. The van der Waals surface area contributed by atoms with Gasteiger partial charge in [0.25, 0.3) is 11.8 Å². The number of halogens is 6. The van der Waals surface area contributed by atoms with Gasteiger partial charge in [0.05, 0.1) is 6.61 Å². The van der Waals surface area contributed by atoms with Crippen LogP contribution in [0, 0.1) is 5.92 Å². The number of hydrogen-bond acceptors (Lipinski definition) is 4. The van der Waals surface area contributed by atoms with Crippen LogP contribution in [0.4, 0.5) is 26.3 Å². The second-order valence-electron chi connectivity index (χ2n) is 11.8. The van der Waals surface area contributed by atoms with Crippen molar-refractivity contribution in [3.63, 3.8) is 0 Å². The third-order valence-electron chi connectivity index (χ3n) is 8.10. The molecule has 5 nitrogen and oxygen atoms in total. The summed E-state index contributed by atoms with van der Waals surface area (Å²) in [6.45, 7) is 0.110. The van der Waals surface area contributed by atoms with Gasteiger partial charge in [0.15, 0.2) is 5.54 Å². The molecule has 238 valence electrons. The van der Waals surface area contributed by atoms with Gasteiger partial charge in [0.1, 0.15) is 11.3 Å². The van der Waals surface area contributed by atoms with Crippen molar-refractivity contribution < 1.29 is 40.7 Å². The normalized spacial score (nSPS) is 20.8. The van der Waals surface area contributed by atoms with Crippen LogP contribution in [-0.4, -0.2) is 36.0 Å². The number of hydrogen-bond donors (Lipinski definition) is 2. The average molecular weight is 641 g/mol. The summed E-state index contributed by atoms with van der Waals surface area (Å²) in [6.07, 6.45) is -5.08. The van der Waals surface area contributed by atoms with E-state index in [2.05, 4.69) is 10.0 Å². The molecular formula is C32H34F6N2O3S. The Balaban J connectivity index is 1.38. The van der Waals surface area contributed by atoms with Gasteiger partial charge < -0.3 is 10.1 Å². The van der Waals surface area contributed by atoms with Crippen molar-refractivity contribution in [3.05, 3.63) is 70.8 Å². The van der Waals surface area contributed by atoms with Gasteiger partial charge in [-0.25, -0.2) is 0 Å². The quantitative estimate of drug-likeness (QED) is 0.102. The summed E-state index contributed by atoms with van der Waals surface area (Å²) < 4.78 is 90.1. The number of nitrogens with one attached hydrogen (secondary N) is 2. The first kappa shape index (κ1) is 32.2. The highest BCUT2D eigenvalue weighted by Gasteiger charge is 2.60. The molecule has 2 fully saturated rings. The largest absolute Gasteiger partial charge is 0.494 e. The van der Waals surface area contributed by atoms with E-state index in [0.29, 0.717) is 24.3 Å². The zero-order valence-electron chi connectivity index (χ0n) is 24.0. The molecular weight excluding hydrogens is 606 g/mol. The van der Waals surface area contributed by atoms with E-state index in [4.69, 9.17) is 4.74 Å². The fourth-order valence-electron chi connectivity index (χ4n) is 5.29. The molecule has 2 aromatic carbocycles. The van der Waals surface area contributed by atoms with Gasteiger partial charge in [-0.1, -0.05) is 36.4 Å². The number of ether oxygens (including phenoxy) is 1. The van der Waals surface area contributed by atoms with Gasteiger partial charge >= 0.3 is 12.4 Å². The van der Waals surface area contributed by atoms with Gasteiger partial charge in [-0.15, -0.1) is 0 Å². The van der Waals surface area contributed by atoms with Crippen molar-refractivity contribution in [2.75, 3.05) is 6.61 Å². The van der Waals surface area contributed by atoms with Crippen molar-refractivity contribution in [2.45, 2.75) is 87.3 Å². The second-order valence-corrected chi connectivity index (χ2v) is 12.9. The number of benzene rings is 2. The molecule has 2 aliphatic carbocycles. The van der Waals surface area contributed by atoms with Gasteiger partial charge in [-0.2, -0.15) is 26.3 Å². The van der Waals surface area contributed by atoms with E-state index in [1.54, 1.807) is 12.1 Å². The highest BCUT2D eigenvalue weighted by molar-refractivity contribution is 7.98. The first-order valence-electron chi connectivity index (χ1n) is 14.8. The minimum Gasteiger partial charge on any atom is -0.494 e. The van der Waals surface area contributed by atoms with Gasteiger partial charge in [0.2, 0.25) is 0 Å². The maximum atomic E-state index is 15.0. The van der Waals surface area contributed by atoms with Gasteiger partial charge in [-0.3, -0.25) is 14.3 Å². The first-order chi connectivity index (χ1) is 20.8. The Bertz CT molecular complexity index is 1370. The molecule has 0 saturated heterocycles. The summed E-state index contributed by atoms with van der Waals surface area (Å²) in [6, 6.07) is 12.2. The smallest absolute Gasteiger partial charge is 0.416 e. The molecule has 1 atom stereocenters. The Morgan fingerprint density at radius 1 is 0.932 bits per heavy atom. The van der Waals surface area contributed by atoms with E-state index >= 15 is 13.2 Å². The minimum absolute atomic E-state index is 0.0112. The lowest BCUT2D eigenvalue weighted by molar-refractivity contribution is -0.201. The van der Waals surface area contributed by atoms with E-state index in [0.717, 1.165) is 37.7 Å². The molecule has 0 unspecified atom stereocenters. The zero-order chi connectivity index (χ0) is 31.5. The number of carbonyl (C=O) groups is 2. The third kappa shape index (κ3) is 8.11. The van der Waals surface area contributed by atoms with Crippen LogP contribution in [0.1, 0.15) is 74.5 Å². The predicted molar refractivity (Wildman–Crippen MR) is 155 cm³/mol. The SMILES string of the molecule is O=C(NSC1CC1)C1=C(c2ccc(CC3CC3)cc2)C[C@](c2ccc(OCCCCCC(F)(F)F)cc2)(C(F)(F)F)NC1=O. The van der Waals surface area contributed by atoms with Crippen molar-refractivity contribution in [1.29, 1.82) is 0 Å². The van der Waals surface area contributed by atoms with E-state index < -0.39 is 42.5 Å². The molecule has 3 aliphatic rings. The molecule has 0 bridgehead atoms. The number of alkyl halides is 6. The van der Waals surface area contributed by atoms with Crippen LogP contribution in [0.15, 0.2) is 54.1 Å². The maximum absolute atomic E-state index is 15.0. The fraction of sp³-hybridized carbons (Fsp3) is 0.500. The van der Waals surface area contributed by atoms with Gasteiger partial charge in [0, 0.05) is 18.1 Å². The van der Waals surface area contributed by atoms with Crippen LogP contribution in [0.3, 0.4) is 0 Å². The van der Waals surface area contributed by atoms with E-state index in [1.807, 2.05) is 12.1 Å².